The average Bonchev–Trinajstić information content (AvgIpc) is 2.95. The second-order valence-corrected chi connectivity index (χ2v) is 7.09. The Bertz CT molecular complexity index is 782. The Balaban J connectivity index is 1.89. The van der Waals surface area contributed by atoms with Gasteiger partial charge in [-0.05, 0) is 65.0 Å². The molecule has 1 amide bonds. The summed E-state index contributed by atoms with van der Waals surface area (Å²) in [5.74, 6) is 0.0198. The molecule has 0 unspecified atom stereocenters. The van der Waals surface area contributed by atoms with Crippen molar-refractivity contribution in [2.24, 2.45) is 22.8 Å². The second kappa shape index (κ2) is 7.41. The summed E-state index contributed by atoms with van der Waals surface area (Å²) >= 11 is 0. The first-order chi connectivity index (χ1) is 12.4. The van der Waals surface area contributed by atoms with Crippen LogP contribution in [0.1, 0.15) is 47.9 Å². The van der Waals surface area contributed by atoms with Crippen LogP contribution in [0.3, 0.4) is 0 Å². The fourth-order valence-corrected chi connectivity index (χ4v) is 3.64. The van der Waals surface area contributed by atoms with Gasteiger partial charge in [-0.15, -0.1) is 0 Å². The molecule has 3 N–H and O–H groups in total. The van der Waals surface area contributed by atoms with E-state index in [1.54, 1.807) is 4.68 Å². The lowest BCUT2D eigenvalue weighted by Gasteiger charge is -2.27. The van der Waals surface area contributed by atoms with Gasteiger partial charge in [0.05, 0.1) is 17.4 Å². The maximum Gasteiger partial charge on any atom is 0.269 e. The highest BCUT2D eigenvalue weighted by molar-refractivity contribution is 5.96. The Kier molecular flexibility index (Phi) is 5.22. The van der Waals surface area contributed by atoms with Crippen LogP contribution in [-0.2, 0) is 13.5 Å². The molecule has 26 heavy (non-hydrogen) atoms. The zero-order valence-corrected chi connectivity index (χ0v) is 15.7. The highest BCUT2D eigenvalue weighted by Gasteiger charge is 2.27. The number of nitrogens with two attached hydrogens (primary N) is 1. The van der Waals surface area contributed by atoms with Gasteiger partial charge in [-0.25, -0.2) is 9.98 Å². The van der Waals surface area contributed by atoms with E-state index >= 15 is 0 Å². The molecule has 1 saturated heterocycles. The topological polar surface area (TPSA) is 101 Å². The molecule has 2 heterocycles. The number of hydrogen-bond donors (Lipinski definition) is 2. The number of fused-ring (bicyclic) bond motifs is 1. The number of primary amides is 1. The summed E-state index contributed by atoms with van der Waals surface area (Å²) in [7, 11) is 3.95. The number of aromatic nitrogens is 2. The van der Waals surface area contributed by atoms with Crippen LogP contribution >= 0.6 is 0 Å². The first kappa shape index (κ1) is 18.3. The van der Waals surface area contributed by atoms with Gasteiger partial charge in [0.15, 0.2) is 5.69 Å². The van der Waals surface area contributed by atoms with Crippen LogP contribution in [0, 0.1) is 0 Å². The maximum absolute atomic E-state index is 11.7. The van der Waals surface area contributed by atoms with E-state index in [4.69, 9.17) is 10.7 Å². The van der Waals surface area contributed by atoms with E-state index in [2.05, 4.69) is 41.0 Å². The molecular weight excluding hydrogens is 330 g/mol. The van der Waals surface area contributed by atoms with E-state index in [1.807, 2.05) is 7.05 Å². The smallest absolute Gasteiger partial charge is 0.269 e. The monoisotopic (exact) mass is 357 g/mol. The summed E-state index contributed by atoms with van der Waals surface area (Å²) in [6.45, 7) is 7.81. The molecule has 1 aliphatic heterocycles. The minimum Gasteiger partial charge on any atom is -0.364 e. The number of guanidine groups is 1. The molecule has 0 bridgehead atoms. The number of carbonyl (C=O) groups excluding carboxylic acids is 1. The quantitative estimate of drug-likeness (QED) is 0.621. The van der Waals surface area contributed by atoms with Crippen LogP contribution in [-0.4, -0.2) is 59.4 Å². The van der Waals surface area contributed by atoms with E-state index in [9.17, 15) is 4.79 Å². The summed E-state index contributed by atoms with van der Waals surface area (Å²) in [5.41, 5.74) is 9.66. The lowest BCUT2D eigenvalue weighted by Crippen LogP contribution is -2.34. The average molecular weight is 357 g/mol. The number of aryl methyl sites for hydroxylation is 1. The molecule has 1 aromatic rings. The predicted octanol–water partition coefficient (Wildman–Crippen LogP) is 0.937. The van der Waals surface area contributed by atoms with Crippen molar-refractivity contribution in [1.82, 2.24) is 20.0 Å². The summed E-state index contributed by atoms with van der Waals surface area (Å²) in [5, 5.41) is 7.65. The third-order valence-electron chi connectivity index (χ3n) is 5.17. The Hall–Kier alpha value is -2.48. The molecule has 1 fully saturated rings. The van der Waals surface area contributed by atoms with Gasteiger partial charge in [0.25, 0.3) is 5.91 Å². The van der Waals surface area contributed by atoms with Crippen LogP contribution in [0.15, 0.2) is 15.6 Å². The van der Waals surface area contributed by atoms with Gasteiger partial charge in [-0.2, -0.15) is 5.10 Å². The number of nitrogens with one attached hydrogen (secondary N) is 1. The van der Waals surface area contributed by atoms with E-state index in [1.165, 1.54) is 5.57 Å². The van der Waals surface area contributed by atoms with Gasteiger partial charge in [-0.3, -0.25) is 9.48 Å². The maximum atomic E-state index is 11.7. The Morgan fingerprint density at radius 3 is 2.62 bits per heavy atom. The zero-order chi connectivity index (χ0) is 18.8. The number of rotatable bonds is 3. The third kappa shape index (κ3) is 3.55. The number of piperidine rings is 1. The number of nitrogens with zero attached hydrogens (tertiary/aromatic N) is 5. The van der Waals surface area contributed by atoms with Crippen LogP contribution in [0.2, 0.25) is 0 Å². The number of allylic oxidation sites excluding steroid dienone is 1. The van der Waals surface area contributed by atoms with Gasteiger partial charge in [0, 0.05) is 12.6 Å². The van der Waals surface area contributed by atoms with Gasteiger partial charge < -0.3 is 16.0 Å². The normalized spacial score (nSPS) is 19.4. The van der Waals surface area contributed by atoms with Crippen LogP contribution in [0.4, 0.5) is 0 Å². The van der Waals surface area contributed by atoms with Crippen molar-refractivity contribution in [3.63, 3.8) is 0 Å². The van der Waals surface area contributed by atoms with Crippen molar-refractivity contribution >= 4 is 24.3 Å². The lowest BCUT2D eigenvalue weighted by atomic mass is 9.93. The summed E-state index contributed by atoms with van der Waals surface area (Å²) in [4.78, 5) is 22.9. The van der Waals surface area contributed by atoms with Gasteiger partial charge in [-0.1, -0.05) is 0 Å². The zero-order valence-electron chi connectivity index (χ0n) is 15.7. The molecule has 140 valence electrons. The van der Waals surface area contributed by atoms with Crippen LogP contribution in [0.25, 0.3) is 5.70 Å². The van der Waals surface area contributed by atoms with Gasteiger partial charge in [0.2, 0.25) is 5.96 Å². The van der Waals surface area contributed by atoms with Crippen molar-refractivity contribution in [3.05, 3.63) is 22.5 Å². The largest absolute Gasteiger partial charge is 0.364 e. The van der Waals surface area contributed by atoms with Crippen molar-refractivity contribution in [2.75, 3.05) is 20.1 Å². The van der Waals surface area contributed by atoms with Crippen molar-refractivity contribution < 1.29 is 4.79 Å². The van der Waals surface area contributed by atoms with E-state index < -0.39 is 5.91 Å². The molecule has 1 aromatic heterocycles. The number of hydrogen-bond acceptors (Lipinski definition) is 4. The Labute approximate surface area is 153 Å². The molecule has 3 rings (SSSR count). The molecule has 0 atom stereocenters. The third-order valence-corrected chi connectivity index (χ3v) is 5.17. The number of aliphatic imine (C=N–C) groups is 2. The molecule has 0 aromatic carbocycles. The van der Waals surface area contributed by atoms with Crippen LogP contribution in [0.5, 0.6) is 0 Å². The molecular formula is C18H27N7O. The van der Waals surface area contributed by atoms with Gasteiger partial charge in [0.1, 0.15) is 0 Å². The summed E-state index contributed by atoms with van der Waals surface area (Å²) in [6.07, 6.45) is 3.61. The first-order valence-corrected chi connectivity index (χ1v) is 8.96. The molecule has 8 heteroatoms. The van der Waals surface area contributed by atoms with Crippen molar-refractivity contribution in [3.8, 4) is 0 Å². The fourth-order valence-electron chi connectivity index (χ4n) is 3.64. The van der Waals surface area contributed by atoms with Crippen molar-refractivity contribution in [1.29, 1.82) is 0 Å². The first-order valence-electron chi connectivity index (χ1n) is 8.96. The standard InChI is InChI=1S/C18H27N7O/c1-11-5-6-13-15(17(19)26)23-25(4)16(13)14(11)22-18(20-2)21-12-7-9-24(3)10-8-12/h12H,2,5-10H2,1,3-4H3,(H2,19,26)(H,21,22). The summed E-state index contributed by atoms with van der Waals surface area (Å²) in [6, 6.07) is 0.246. The van der Waals surface area contributed by atoms with E-state index in [0.29, 0.717) is 11.7 Å². The van der Waals surface area contributed by atoms with E-state index in [-0.39, 0.29) is 6.04 Å². The van der Waals surface area contributed by atoms with E-state index in [0.717, 1.165) is 55.7 Å². The molecule has 0 radical (unpaired) electrons. The number of likely N-dealkylation sites (tertiary alicyclic amines) is 1. The fraction of sp³-hybridized carbons (Fsp3) is 0.556. The molecule has 0 saturated carbocycles. The molecule has 2 aliphatic rings. The molecule has 1 aliphatic carbocycles. The highest BCUT2D eigenvalue weighted by Crippen LogP contribution is 2.31. The molecule has 0 spiro atoms. The predicted molar refractivity (Wildman–Crippen MR) is 103 cm³/mol. The Morgan fingerprint density at radius 2 is 2.00 bits per heavy atom. The van der Waals surface area contributed by atoms with Gasteiger partial charge >= 0.3 is 0 Å². The SMILES string of the molecule is C=NC(=NC1CCN(C)CC1)NC1=C(C)CCc2c(C(N)=O)nn(C)c21. The van der Waals surface area contributed by atoms with Crippen molar-refractivity contribution in [2.45, 2.75) is 38.6 Å². The number of amides is 1. The van der Waals surface area contributed by atoms with Crippen LogP contribution < -0.4 is 11.1 Å². The number of carbonyl (C=O) groups is 1. The minimum absolute atomic E-state index is 0.246. The highest BCUT2D eigenvalue weighted by atomic mass is 16.1. The Morgan fingerprint density at radius 1 is 1.31 bits per heavy atom. The summed E-state index contributed by atoms with van der Waals surface area (Å²) < 4.78 is 1.71. The lowest BCUT2D eigenvalue weighted by molar-refractivity contribution is 0.0994. The minimum atomic E-state index is -0.497. The second-order valence-electron chi connectivity index (χ2n) is 7.09. The molecule has 8 nitrogen and oxygen atoms in total.